The summed E-state index contributed by atoms with van der Waals surface area (Å²) < 4.78 is 16.1. The Morgan fingerprint density at radius 2 is 1.81 bits per heavy atom. The molecule has 1 amide bonds. The van der Waals surface area contributed by atoms with Gasteiger partial charge in [0, 0.05) is 5.56 Å². The van der Waals surface area contributed by atoms with Gasteiger partial charge >= 0.3 is 0 Å². The van der Waals surface area contributed by atoms with Crippen molar-refractivity contribution in [2.24, 2.45) is 0 Å². The Hall–Kier alpha value is -3.84. The Labute approximate surface area is 184 Å². The van der Waals surface area contributed by atoms with Crippen molar-refractivity contribution in [1.82, 2.24) is 0 Å². The zero-order valence-corrected chi connectivity index (χ0v) is 17.4. The van der Waals surface area contributed by atoms with Crippen molar-refractivity contribution < 1.29 is 28.9 Å². The van der Waals surface area contributed by atoms with Crippen LogP contribution in [-0.4, -0.2) is 30.7 Å². The van der Waals surface area contributed by atoms with Gasteiger partial charge in [0.2, 0.25) is 6.79 Å². The molecule has 0 radical (unpaired) electrons. The van der Waals surface area contributed by atoms with Crippen molar-refractivity contribution >= 4 is 17.4 Å². The molecule has 0 aromatic heterocycles. The second kappa shape index (κ2) is 7.69. The number of benzene rings is 3. The molecule has 3 aromatic rings. The highest BCUT2D eigenvalue weighted by atomic mass is 16.7. The number of carbonyl (C=O) groups is 2. The van der Waals surface area contributed by atoms with Crippen molar-refractivity contribution in [3.05, 3.63) is 83.4 Å². The van der Waals surface area contributed by atoms with Gasteiger partial charge < -0.3 is 24.2 Å². The lowest BCUT2D eigenvalue weighted by molar-refractivity contribution is -0.136. The van der Waals surface area contributed by atoms with E-state index < -0.39 is 11.5 Å². The van der Waals surface area contributed by atoms with Gasteiger partial charge in [0.25, 0.3) is 5.91 Å². The molecular weight excluding hydrogens is 410 g/mol. The Balaban J connectivity index is 1.47. The summed E-state index contributed by atoms with van der Waals surface area (Å²) in [7, 11) is 1.48. The first-order chi connectivity index (χ1) is 15.5. The predicted molar refractivity (Wildman–Crippen MR) is 116 cm³/mol. The number of carbonyl (C=O) groups excluding carboxylic acids is 2. The largest absolute Gasteiger partial charge is 0.496 e. The van der Waals surface area contributed by atoms with Crippen LogP contribution in [-0.2, 0) is 16.9 Å². The molecule has 32 heavy (non-hydrogen) atoms. The molecular formula is C25H21NO6. The van der Waals surface area contributed by atoms with Gasteiger partial charge in [-0.25, -0.2) is 0 Å². The van der Waals surface area contributed by atoms with Gasteiger partial charge in [-0.1, -0.05) is 36.4 Å². The summed E-state index contributed by atoms with van der Waals surface area (Å²) in [6.45, 7) is 0.382. The average molecular weight is 431 g/mol. The molecule has 3 aromatic carbocycles. The van der Waals surface area contributed by atoms with Gasteiger partial charge in [-0.15, -0.1) is 0 Å². The van der Waals surface area contributed by atoms with Crippen LogP contribution in [0, 0.1) is 0 Å². The van der Waals surface area contributed by atoms with E-state index in [4.69, 9.17) is 14.2 Å². The molecule has 0 aliphatic carbocycles. The molecule has 0 fully saturated rings. The van der Waals surface area contributed by atoms with Crippen LogP contribution in [0.1, 0.15) is 27.9 Å². The number of amides is 1. The molecule has 162 valence electrons. The number of fused-ring (bicyclic) bond motifs is 2. The monoisotopic (exact) mass is 431 g/mol. The first-order valence-corrected chi connectivity index (χ1v) is 10.2. The van der Waals surface area contributed by atoms with E-state index in [1.165, 1.54) is 12.0 Å². The summed E-state index contributed by atoms with van der Waals surface area (Å²) in [5.74, 6) is 0.750. The lowest BCUT2D eigenvalue weighted by atomic mass is 9.88. The zero-order valence-electron chi connectivity index (χ0n) is 17.4. The van der Waals surface area contributed by atoms with Crippen LogP contribution in [0.2, 0.25) is 0 Å². The van der Waals surface area contributed by atoms with Gasteiger partial charge in [-0.05, 0) is 35.9 Å². The topological polar surface area (TPSA) is 85.3 Å². The van der Waals surface area contributed by atoms with E-state index in [1.54, 1.807) is 54.6 Å². The number of Topliss-reactive ketones (excluding diaryl/α,β-unsaturated/α-hetero) is 1. The number of rotatable bonds is 6. The average Bonchev–Trinajstić information content (AvgIpc) is 3.36. The third kappa shape index (κ3) is 3.18. The fraction of sp³-hybridized carbons (Fsp3) is 0.200. The first kappa shape index (κ1) is 20.1. The molecule has 0 spiro atoms. The Morgan fingerprint density at radius 1 is 1.06 bits per heavy atom. The van der Waals surface area contributed by atoms with Crippen LogP contribution in [0.4, 0.5) is 5.69 Å². The number of methoxy groups -OCH3 is 1. The molecule has 0 bridgehead atoms. The minimum atomic E-state index is -1.97. The number of aliphatic hydroxyl groups is 1. The summed E-state index contributed by atoms with van der Waals surface area (Å²) in [4.78, 5) is 28.1. The van der Waals surface area contributed by atoms with Crippen molar-refractivity contribution in [2.45, 2.75) is 18.6 Å². The Bertz CT molecular complexity index is 1220. The summed E-state index contributed by atoms with van der Waals surface area (Å²) in [6, 6.07) is 19.2. The molecule has 0 saturated heterocycles. The predicted octanol–water partition coefficient (Wildman–Crippen LogP) is 3.43. The summed E-state index contributed by atoms with van der Waals surface area (Å²) in [5, 5.41) is 11.5. The molecule has 7 nitrogen and oxygen atoms in total. The second-order valence-electron chi connectivity index (χ2n) is 7.76. The van der Waals surface area contributed by atoms with Gasteiger partial charge in [0.15, 0.2) is 22.9 Å². The van der Waals surface area contributed by atoms with Crippen molar-refractivity contribution in [2.75, 3.05) is 18.8 Å². The maximum Gasteiger partial charge on any atom is 0.264 e. The van der Waals surface area contributed by atoms with Gasteiger partial charge in [0.05, 0.1) is 31.3 Å². The minimum Gasteiger partial charge on any atom is -0.496 e. The van der Waals surface area contributed by atoms with Crippen LogP contribution < -0.4 is 19.1 Å². The molecule has 7 heteroatoms. The van der Waals surface area contributed by atoms with Crippen molar-refractivity contribution in [3.8, 4) is 17.2 Å². The number of ether oxygens (including phenoxy) is 3. The number of ketones is 1. The van der Waals surface area contributed by atoms with Crippen molar-refractivity contribution in [1.29, 1.82) is 0 Å². The van der Waals surface area contributed by atoms with E-state index in [0.717, 1.165) is 5.56 Å². The third-order valence-electron chi connectivity index (χ3n) is 5.84. The van der Waals surface area contributed by atoms with Crippen LogP contribution in [0.5, 0.6) is 17.2 Å². The highest BCUT2D eigenvalue weighted by molar-refractivity contribution is 6.11. The molecule has 2 heterocycles. The molecule has 2 aliphatic rings. The van der Waals surface area contributed by atoms with Gasteiger partial charge in [0.1, 0.15) is 5.75 Å². The summed E-state index contributed by atoms with van der Waals surface area (Å²) >= 11 is 0. The quantitative estimate of drug-likeness (QED) is 0.602. The molecule has 0 saturated carbocycles. The molecule has 1 unspecified atom stereocenters. The summed E-state index contributed by atoms with van der Waals surface area (Å²) in [5.41, 5.74) is 0.158. The Kier molecular flexibility index (Phi) is 4.83. The van der Waals surface area contributed by atoms with E-state index >= 15 is 0 Å². The van der Waals surface area contributed by atoms with E-state index in [1.807, 2.05) is 12.1 Å². The molecule has 1 N–H and O–H groups in total. The molecule has 5 rings (SSSR count). The van der Waals surface area contributed by atoms with Crippen LogP contribution >= 0.6 is 0 Å². The fourth-order valence-electron chi connectivity index (χ4n) is 4.26. The van der Waals surface area contributed by atoms with Gasteiger partial charge in [-0.2, -0.15) is 0 Å². The van der Waals surface area contributed by atoms with E-state index in [2.05, 4.69) is 0 Å². The normalized spacial score (nSPS) is 18.6. The van der Waals surface area contributed by atoms with E-state index in [-0.39, 0.29) is 25.5 Å². The van der Waals surface area contributed by atoms with Crippen LogP contribution in [0.25, 0.3) is 0 Å². The fourth-order valence-corrected chi connectivity index (χ4v) is 4.26. The smallest absolute Gasteiger partial charge is 0.264 e. The highest BCUT2D eigenvalue weighted by Crippen LogP contribution is 2.44. The lowest BCUT2D eigenvalue weighted by Crippen LogP contribution is -2.41. The Morgan fingerprint density at radius 3 is 2.66 bits per heavy atom. The number of anilines is 1. The minimum absolute atomic E-state index is 0.162. The maximum atomic E-state index is 13.5. The highest BCUT2D eigenvalue weighted by Gasteiger charge is 2.51. The van der Waals surface area contributed by atoms with Crippen molar-refractivity contribution in [3.63, 3.8) is 0 Å². The van der Waals surface area contributed by atoms with Gasteiger partial charge in [-0.3, -0.25) is 9.59 Å². The zero-order chi connectivity index (χ0) is 22.3. The molecule has 1 atom stereocenters. The van der Waals surface area contributed by atoms with Crippen LogP contribution in [0.15, 0.2) is 66.7 Å². The molecule has 2 aliphatic heterocycles. The first-order valence-electron chi connectivity index (χ1n) is 10.2. The van der Waals surface area contributed by atoms with E-state index in [0.29, 0.717) is 34.1 Å². The number of nitrogens with zero attached hydrogens (tertiary/aromatic N) is 1. The number of para-hydroxylation sites is 2. The van der Waals surface area contributed by atoms with Crippen LogP contribution in [0.3, 0.4) is 0 Å². The second-order valence-corrected chi connectivity index (χ2v) is 7.76. The maximum absolute atomic E-state index is 13.5. The number of hydrogen-bond acceptors (Lipinski definition) is 6. The SMILES string of the molecule is COc1ccccc1C(=O)CC1(O)C(=O)N(Cc2ccc3c(c2)OCO3)c2ccccc21. The lowest BCUT2D eigenvalue weighted by Gasteiger charge is -2.23. The summed E-state index contributed by atoms with van der Waals surface area (Å²) in [6.07, 6.45) is -0.388. The van der Waals surface area contributed by atoms with E-state index in [9.17, 15) is 14.7 Å². The standard InChI is InChI=1S/C25H21NO6/c1-30-21-9-5-2-6-17(21)20(27)13-25(29)18-7-3-4-8-19(18)26(24(25)28)14-16-10-11-22-23(12-16)32-15-31-22/h2-12,29H,13-15H2,1H3. The third-order valence-corrected chi connectivity index (χ3v) is 5.84. The number of hydrogen-bond donors (Lipinski definition) is 1.